The zero-order chi connectivity index (χ0) is 18.4. The summed E-state index contributed by atoms with van der Waals surface area (Å²) < 4.78 is 5.08. The van der Waals surface area contributed by atoms with Crippen molar-refractivity contribution in [1.82, 2.24) is 15.5 Å². The summed E-state index contributed by atoms with van der Waals surface area (Å²) in [7, 11) is 2.05. The summed E-state index contributed by atoms with van der Waals surface area (Å²) in [6.07, 6.45) is 1.52. The van der Waals surface area contributed by atoms with E-state index in [1.807, 2.05) is 12.1 Å². The maximum absolute atomic E-state index is 12.3. The van der Waals surface area contributed by atoms with E-state index >= 15 is 0 Å². The minimum Gasteiger partial charge on any atom is -0.860 e. The van der Waals surface area contributed by atoms with Crippen LogP contribution >= 0.6 is 11.8 Å². The van der Waals surface area contributed by atoms with Crippen molar-refractivity contribution in [2.75, 3.05) is 44.0 Å². The molecule has 0 spiro atoms. The van der Waals surface area contributed by atoms with Crippen LogP contribution in [0.1, 0.15) is 13.8 Å². The minimum atomic E-state index is -0.895. The molecule has 138 valence electrons. The van der Waals surface area contributed by atoms with Gasteiger partial charge in [0.1, 0.15) is 0 Å². The molecule has 25 heavy (non-hydrogen) atoms. The van der Waals surface area contributed by atoms with E-state index in [0.717, 1.165) is 37.9 Å². The second kappa shape index (κ2) is 8.81. The van der Waals surface area contributed by atoms with Gasteiger partial charge in [-0.3, -0.25) is 14.1 Å². The molecule has 0 bridgehead atoms. The summed E-state index contributed by atoms with van der Waals surface area (Å²) >= 11 is 0.950. The second-order valence-electron chi connectivity index (χ2n) is 5.72. The Balaban J connectivity index is 2.05. The number of thioether (sulfide) groups is 1. The van der Waals surface area contributed by atoms with E-state index in [1.165, 1.54) is 24.8 Å². The van der Waals surface area contributed by atoms with Gasteiger partial charge in [0.2, 0.25) is 11.2 Å². The predicted octanol–water partition coefficient (Wildman–Crippen LogP) is -1.98. The van der Waals surface area contributed by atoms with Crippen molar-refractivity contribution in [3.8, 4) is 0 Å². The van der Waals surface area contributed by atoms with Gasteiger partial charge in [-0.2, -0.15) is 5.01 Å². The van der Waals surface area contributed by atoms with Gasteiger partial charge in [-0.05, 0) is 12.9 Å². The Bertz CT molecular complexity index is 641. The fourth-order valence-corrected chi connectivity index (χ4v) is 2.85. The molecule has 0 saturated carbocycles. The van der Waals surface area contributed by atoms with Crippen molar-refractivity contribution >= 4 is 34.6 Å². The Labute approximate surface area is 149 Å². The highest BCUT2D eigenvalue weighted by Gasteiger charge is 2.24. The van der Waals surface area contributed by atoms with E-state index in [1.54, 1.807) is 0 Å². The number of amides is 1. The molecule has 10 nitrogen and oxygen atoms in total. The van der Waals surface area contributed by atoms with Crippen LogP contribution in [-0.4, -0.2) is 72.1 Å². The quantitative estimate of drug-likeness (QED) is 0.348. The highest BCUT2D eigenvalue weighted by Crippen LogP contribution is 2.10. The first-order valence-corrected chi connectivity index (χ1v) is 8.82. The van der Waals surface area contributed by atoms with Gasteiger partial charge in [0, 0.05) is 32.7 Å². The first-order chi connectivity index (χ1) is 11.8. The molecule has 11 heteroatoms. The molecule has 1 aromatic heterocycles. The van der Waals surface area contributed by atoms with Gasteiger partial charge in [0.05, 0.1) is 23.9 Å². The van der Waals surface area contributed by atoms with Crippen LogP contribution in [0.25, 0.3) is 0 Å². The van der Waals surface area contributed by atoms with Crippen LogP contribution in [0.2, 0.25) is 0 Å². The molecule has 1 fully saturated rings. The summed E-state index contributed by atoms with van der Waals surface area (Å²) in [6.45, 7) is 6.06. The molecule has 1 N–H and O–H groups in total. The van der Waals surface area contributed by atoms with Crippen molar-refractivity contribution < 1.29 is 24.0 Å². The number of carbonyl (C=O) groups is 2. The zero-order valence-corrected chi connectivity index (χ0v) is 15.3. The number of aliphatic imine (C=N–C) groups is 1. The Kier molecular flexibility index (Phi) is 6.76. The van der Waals surface area contributed by atoms with Crippen LogP contribution in [0.5, 0.6) is 0 Å². The fourth-order valence-electron chi connectivity index (χ4n) is 2.22. The predicted molar refractivity (Wildman–Crippen MR) is 90.0 cm³/mol. The topological polar surface area (TPSA) is 118 Å². The second-order valence-corrected chi connectivity index (χ2v) is 6.92. The van der Waals surface area contributed by atoms with Gasteiger partial charge in [0.15, 0.2) is 5.12 Å². The lowest BCUT2D eigenvalue weighted by Crippen LogP contribution is -2.64. The third kappa shape index (κ3) is 6.02. The van der Waals surface area contributed by atoms with Crippen molar-refractivity contribution in [3.63, 3.8) is 0 Å². The van der Waals surface area contributed by atoms with Gasteiger partial charge in [-0.1, -0.05) is 11.8 Å². The van der Waals surface area contributed by atoms with Crippen molar-refractivity contribution in [3.05, 3.63) is 6.20 Å². The zero-order valence-electron chi connectivity index (χ0n) is 14.5. The van der Waals surface area contributed by atoms with E-state index in [0.29, 0.717) is 0 Å². The van der Waals surface area contributed by atoms with Gasteiger partial charge in [0.25, 0.3) is 6.20 Å². The van der Waals surface area contributed by atoms with Gasteiger partial charge in [-0.25, -0.2) is 4.99 Å². The molecule has 1 aromatic rings. The smallest absolute Gasteiger partial charge is 0.324 e. The van der Waals surface area contributed by atoms with Crippen LogP contribution in [0.3, 0.4) is 0 Å². The van der Waals surface area contributed by atoms with E-state index in [-0.39, 0.29) is 22.7 Å². The van der Waals surface area contributed by atoms with Crippen LogP contribution in [-0.2, 0) is 9.59 Å². The average Bonchev–Trinajstić information content (AvgIpc) is 3.00. The highest BCUT2D eigenvalue weighted by molar-refractivity contribution is 8.13. The van der Waals surface area contributed by atoms with Gasteiger partial charge < -0.3 is 15.3 Å². The Morgan fingerprint density at radius 3 is 2.72 bits per heavy atom. The average molecular weight is 370 g/mol. The molecule has 1 aliphatic rings. The molecule has 0 aliphatic carbocycles. The van der Waals surface area contributed by atoms with Gasteiger partial charge in [-0.15, -0.1) is 0 Å². The third-order valence-electron chi connectivity index (χ3n) is 3.56. The third-order valence-corrected chi connectivity index (χ3v) is 4.47. The normalized spacial score (nSPS) is 17.4. The molecular formula is C14H22N6O4S. The molecule has 2 rings (SSSR count). The van der Waals surface area contributed by atoms with Crippen LogP contribution < -0.4 is 20.2 Å². The number of hydrogen-bond donors (Lipinski definition) is 1. The molecule has 2 heterocycles. The highest BCUT2D eigenvalue weighted by atomic mass is 32.2. The fraction of sp³-hybridized carbons (Fsp3) is 0.643. The monoisotopic (exact) mass is 370 g/mol. The summed E-state index contributed by atoms with van der Waals surface area (Å²) in [5, 5.41) is 20.5. The molecule has 0 radical (unpaired) electrons. The maximum atomic E-state index is 12.3. The first-order valence-electron chi connectivity index (χ1n) is 7.83. The number of nitrogens with one attached hydrogen (secondary N) is 1. The number of nitrogens with zero attached hydrogens (tertiary/aromatic N) is 5. The summed E-state index contributed by atoms with van der Waals surface area (Å²) in [4.78, 5) is 29.9. The molecular weight excluding hydrogens is 348 g/mol. The summed E-state index contributed by atoms with van der Waals surface area (Å²) in [5.74, 6) is -0.801. The number of hydrogen-bond acceptors (Lipinski definition) is 9. The lowest BCUT2D eigenvalue weighted by Gasteiger charge is -2.26. The minimum absolute atomic E-state index is 0.0482. The van der Waals surface area contributed by atoms with E-state index < -0.39 is 11.9 Å². The Hall–Kier alpha value is -2.14. The van der Waals surface area contributed by atoms with E-state index in [2.05, 4.69) is 20.5 Å². The molecule has 1 saturated heterocycles. The largest absolute Gasteiger partial charge is 0.860 e. The molecule has 0 unspecified atom stereocenters. The Morgan fingerprint density at radius 2 is 2.12 bits per heavy atom. The molecule has 0 aromatic carbocycles. The molecule has 1 amide bonds. The number of rotatable bonds is 6. The van der Waals surface area contributed by atoms with Crippen molar-refractivity contribution in [2.24, 2.45) is 4.99 Å². The standard InChI is InChI=1S/C14H22N6O4S/c1-10(21)15-12(9-25-11(2)22)14(23)16-13-8-20(17-24-13)19-6-4-18(3)5-7-19/h8,12H,4-7,9H2,1-3H3,(H-,15,16,17,21,23)/t12-/m0/s1. The maximum Gasteiger partial charge on any atom is 0.324 e. The lowest BCUT2D eigenvalue weighted by molar-refractivity contribution is -0.759. The number of carbonyl (C=O) groups excluding carboxylic acids is 2. The summed E-state index contributed by atoms with van der Waals surface area (Å²) in [5.41, 5.74) is 0. The molecule has 1 aliphatic heterocycles. The first kappa shape index (κ1) is 19.2. The lowest BCUT2D eigenvalue weighted by atomic mass is 10.3. The SMILES string of the molecule is CC(=O)N[C@@H](CSC(C)=O)C([O-])=Nc1c[n+](N2CCN(C)CC2)no1. The number of aromatic nitrogens is 2. The van der Waals surface area contributed by atoms with Crippen LogP contribution in [0.4, 0.5) is 5.88 Å². The van der Waals surface area contributed by atoms with E-state index in [9.17, 15) is 14.7 Å². The number of likely N-dealkylation sites (N-methyl/N-ethyl adjacent to an activating group) is 1. The number of piperazine rings is 1. The van der Waals surface area contributed by atoms with Crippen molar-refractivity contribution in [2.45, 2.75) is 19.9 Å². The summed E-state index contributed by atoms with van der Waals surface area (Å²) in [6, 6.07) is -0.895. The molecule has 1 atom stereocenters. The van der Waals surface area contributed by atoms with Crippen LogP contribution in [0, 0.1) is 0 Å². The van der Waals surface area contributed by atoms with Crippen LogP contribution in [0.15, 0.2) is 15.7 Å². The Morgan fingerprint density at radius 1 is 1.44 bits per heavy atom. The van der Waals surface area contributed by atoms with Gasteiger partial charge >= 0.3 is 5.88 Å². The van der Waals surface area contributed by atoms with E-state index in [4.69, 9.17) is 4.52 Å². The van der Waals surface area contributed by atoms with Crippen molar-refractivity contribution in [1.29, 1.82) is 0 Å².